The van der Waals surface area contributed by atoms with Gasteiger partial charge in [-0.25, -0.2) is 4.79 Å². The number of aliphatic imine (C=N–C) groups is 1. The van der Waals surface area contributed by atoms with Crippen molar-refractivity contribution in [2.24, 2.45) is 4.99 Å². The Bertz CT molecular complexity index is 1030. The van der Waals surface area contributed by atoms with E-state index in [0.717, 1.165) is 23.1 Å². The summed E-state index contributed by atoms with van der Waals surface area (Å²) in [4.78, 5) is 28.0. The standard InChI is InChI=1S/C20H15ClN2O3S/c1-12-7-8-14(16(21)9-12)15-11-27-19(18(15)20(25)26)23-17(24)10-22-13-5-3-2-4-6-13/h2-11H,1H3,(H,23,24)(H,25,26). The number of anilines is 1. The smallest absolute Gasteiger partial charge is 0.339 e. The molecule has 0 aliphatic carbocycles. The lowest BCUT2D eigenvalue weighted by atomic mass is 10.0. The molecule has 136 valence electrons. The van der Waals surface area contributed by atoms with E-state index < -0.39 is 11.9 Å². The Labute approximate surface area is 165 Å². The largest absolute Gasteiger partial charge is 0.478 e. The van der Waals surface area contributed by atoms with Gasteiger partial charge >= 0.3 is 5.97 Å². The molecule has 3 rings (SSSR count). The molecule has 2 aromatic carbocycles. The number of amides is 1. The van der Waals surface area contributed by atoms with Crippen LogP contribution in [0.5, 0.6) is 0 Å². The third-order valence-electron chi connectivity index (χ3n) is 3.74. The Morgan fingerprint density at radius 2 is 1.89 bits per heavy atom. The Balaban J connectivity index is 1.88. The maximum Gasteiger partial charge on any atom is 0.339 e. The summed E-state index contributed by atoms with van der Waals surface area (Å²) in [6.45, 7) is 1.90. The van der Waals surface area contributed by atoms with Crippen molar-refractivity contribution in [1.29, 1.82) is 0 Å². The molecule has 0 bridgehead atoms. The molecule has 5 nitrogen and oxygen atoms in total. The van der Waals surface area contributed by atoms with Crippen LogP contribution in [0.15, 0.2) is 58.9 Å². The van der Waals surface area contributed by atoms with Crippen molar-refractivity contribution < 1.29 is 14.7 Å². The lowest BCUT2D eigenvalue weighted by Gasteiger charge is -2.07. The van der Waals surface area contributed by atoms with Crippen molar-refractivity contribution in [3.8, 4) is 11.1 Å². The molecule has 0 unspecified atom stereocenters. The van der Waals surface area contributed by atoms with Crippen molar-refractivity contribution in [1.82, 2.24) is 0 Å². The first-order chi connectivity index (χ1) is 13.0. The topological polar surface area (TPSA) is 78.8 Å². The molecule has 1 heterocycles. The highest BCUT2D eigenvalue weighted by molar-refractivity contribution is 7.15. The van der Waals surface area contributed by atoms with Gasteiger partial charge in [0.1, 0.15) is 10.6 Å². The minimum Gasteiger partial charge on any atom is -0.478 e. The lowest BCUT2D eigenvalue weighted by molar-refractivity contribution is -0.109. The van der Waals surface area contributed by atoms with Gasteiger partial charge in [0, 0.05) is 21.5 Å². The normalized spacial score (nSPS) is 10.9. The number of hydrogen-bond donors (Lipinski definition) is 2. The quantitative estimate of drug-likeness (QED) is 0.563. The minimum absolute atomic E-state index is 0.00668. The second-order valence-electron chi connectivity index (χ2n) is 5.72. The minimum atomic E-state index is -1.14. The molecule has 0 atom stereocenters. The molecule has 0 aliphatic heterocycles. The number of halogens is 1. The molecule has 0 saturated carbocycles. The van der Waals surface area contributed by atoms with Gasteiger partial charge in [0.25, 0.3) is 5.91 Å². The van der Waals surface area contributed by atoms with Crippen LogP contribution in [-0.2, 0) is 4.79 Å². The average Bonchev–Trinajstić information content (AvgIpc) is 3.04. The number of thiophene rings is 1. The second kappa shape index (κ2) is 8.16. The number of aryl methyl sites for hydroxylation is 1. The van der Waals surface area contributed by atoms with E-state index in [-0.39, 0.29) is 10.6 Å². The molecule has 2 N–H and O–H groups in total. The van der Waals surface area contributed by atoms with Gasteiger partial charge in [-0.3, -0.25) is 9.79 Å². The van der Waals surface area contributed by atoms with Gasteiger partial charge in [0.2, 0.25) is 0 Å². The van der Waals surface area contributed by atoms with Gasteiger partial charge in [0.15, 0.2) is 0 Å². The number of rotatable bonds is 5. The Morgan fingerprint density at radius 1 is 1.15 bits per heavy atom. The highest BCUT2D eigenvalue weighted by Crippen LogP contribution is 2.39. The summed E-state index contributed by atoms with van der Waals surface area (Å²) in [5, 5.41) is 14.6. The Hall–Kier alpha value is -2.96. The van der Waals surface area contributed by atoms with Gasteiger partial charge < -0.3 is 10.4 Å². The molecule has 1 aromatic heterocycles. The van der Waals surface area contributed by atoms with Crippen LogP contribution >= 0.6 is 22.9 Å². The van der Waals surface area contributed by atoms with Crippen molar-refractivity contribution in [2.75, 3.05) is 5.32 Å². The predicted molar refractivity (Wildman–Crippen MR) is 110 cm³/mol. The maximum atomic E-state index is 12.1. The van der Waals surface area contributed by atoms with Crippen LogP contribution in [0.25, 0.3) is 11.1 Å². The summed E-state index contributed by atoms with van der Waals surface area (Å²) in [5.74, 6) is -1.65. The highest BCUT2D eigenvalue weighted by atomic mass is 35.5. The van der Waals surface area contributed by atoms with Crippen molar-refractivity contribution in [3.63, 3.8) is 0 Å². The van der Waals surface area contributed by atoms with Gasteiger partial charge in [-0.1, -0.05) is 41.9 Å². The van der Waals surface area contributed by atoms with Crippen molar-refractivity contribution in [3.05, 3.63) is 70.1 Å². The average molecular weight is 399 g/mol. The summed E-state index contributed by atoms with van der Waals surface area (Å²) in [7, 11) is 0. The fourth-order valence-corrected chi connectivity index (χ4v) is 3.78. The number of nitrogens with one attached hydrogen (secondary N) is 1. The lowest BCUT2D eigenvalue weighted by Crippen LogP contribution is -2.14. The fourth-order valence-electron chi connectivity index (χ4n) is 2.49. The van der Waals surface area contributed by atoms with E-state index in [1.54, 1.807) is 29.6 Å². The number of carboxylic acid groups (broad SMARTS) is 1. The maximum absolute atomic E-state index is 12.1. The molecule has 7 heteroatoms. The van der Waals surface area contributed by atoms with Crippen LogP contribution in [0.3, 0.4) is 0 Å². The molecule has 0 aliphatic rings. The number of aromatic carboxylic acids is 1. The van der Waals surface area contributed by atoms with E-state index >= 15 is 0 Å². The first kappa shape index (κ1) is 18.8. The van der Waals surface area contributed by atoms with E-state index in [9.17, 15) is 14.7 Å². The number of carbonyl (C=O) groups excluding carboxylic acids is 1. The zero-order chi connectivity index (χ0) is 19.4. The van der Waals surface area contributed by atoms with E-state index in [1.807, 2.05) is 31.2 Å². The van der Waals surface area contributed by atoms with Crippen molar-refractivity contribution >= 4 is 51.7 Å². The highest BCUT2D eigenvalue weighted by Gasteiger charge is 2.22. The van der Waals surface area contributed by atoms with Crippen LogP contribution < -0.4 is 5.32 Å². The monoisotopic (exact) mass is 398 g/mol. The molecular weight excluding hydrogens is 384 g/mol. The summed E-state index contributed by atoms with van der Waals surface area (Å²) in [6, 6.07) is 14.4. The van der Waals surface area contributed by atoms with E-state index in [0.29, 0.717) is 21.8 Å². The van der Waals surface area contributed by atoms with Gasteiger partial charge in [-0.2, -0.15) is 0 Å². The fraction of sp³-hybridized carbons (Fsp3) is 0.0500. The summed E-state index contributed by atoms with van der Waals surface area (Å²) >= 11 is 7.41. The predicted octanol–water partition coefficient (Wildman–Crippen LogP) is 5.42. The number of para-hydroxylation sites is 1. The van der Waals surface area contributed by atoms with Gasteiger partial charge in [-0.05, 0) is 30.7 Å². The van der Waals surface area contributed by atoms with E-state index in [4.69, 9.17) is 11.6 Å². The third kappa shape index (κ3) is 4.42. The summed E-state index contributed by atoms with van der Waals surface area (Å²) < 4.78 is 0. The van der Waals surface area contributed by atoms with E-state index in [1.165, 1.54) is 0 Å². The molecule has 0 radical (unpaired) electrons. The van der Waals surface area contributed by atoms with Crippen LogP contribution in [0.4, 0.5) is 10.7 Å². The zero-order valence-corrected chi connectivity index (χ0v) is 15.8. The Morgan fingerprint density at radius 3 is 2.56 bits per heavy atom. The molecule has 0 saturated heterocycles. The van der Waals surface area contributed by atoms with Crippen LogP contribution in [0, 0.1) is 6.92 Å². The van der Waals surface area contributed by atoms with Gasteiger partial charge in [0.05, 0.1) is 11.9 Å². The molecule has 0 spiro atoms. The van der Waals surface area contributed by atoms with Crippen LogP contribution in [0.2, 0.25) is 5.02 Å². The zero-order valence-electron chi connectivity index (χ0n) is 14.3. The van der Waals surface area contributed by atoms with E-state index in [2.05, 4.69) is 10.3 Å². The second-order valence-corrected chi connectivity index (χ2v) is 7.01. The first-order valence-corrected chi connectivity index (χ1v) is 9.23. The first-order valence-electron chi connectivity index (χ1n) is 7.97. The number of nitrogens with zero attached hydrogens (tertiary/aromatic N) is 1. The summed E-state index contributed by atoms with van der Waals surface area (Å²) in [6.07, 6.45) is 1.12. The third-order valence-corrected chi connectivity index (χ3v) is 4.95. The molecular formula is C20H15ClN2O3S. The molecule has 0 fully saturated rings. The SMILES string of the molecule is Cc1ccc(-c2csc(NC(=O)C=Nc3ccccc3)c2C(=O)O)c(Cl)c1. The number of carbonyl (C=O) groups is 2. The number of carboxylic acids is 1. The van der Waals surface area contributed by atoms with Crippen LogP contribution in [-0.4, -0.2) is 23.2 Å². The number of hydrogen-bond acceptors (Lipinski definition) is 4. The molecule has 1 amide bonds. The Kier molecular flexibility index (Phi) is 5.69. The van der Waals surface area contributed by atoms with Crippen molar-refractivity contribution in [2.45, 2.75) is 6.92 Å². The molecule has 3 aromatic rings. The number of benzene rings is 2. The van der Waals surface area contributed by atoms with Gasteiger partial charge in [-0.15, -0.1) is 11.3 Å². The molecule has 27 heavy (non-hydrogen) atoms. The van der Waals surface area contributed by atoms with Crippen LogP contribution in [0.1, 0.15) is 15.9 Å². The summed E-state index contributed by atoms with van der Waals surface area (Å²) in [5.41, 5.74) is 2.68.